The first-order valence-electron chi connectivity index (χ1n) is 10.4. The number of amides is 1. The third kappa shape index (κ3) is 4.12. The topological polar surface area (TPSA) is 41.6 Å². The summed E-state index contributed by atoms with van der Waals surface area (Å²) < 4.78 is 6.90. The highest BCUT2D eigenvalue weighted by atomic mass is 79.9. The maximum absolute atomic E-state index is 13.5. The van der Waals surface area contributed by atoms with Crippen molar-refractivity contribution in [1.82, 2.24) is 0 Å². The largest absolute Gasteiger partial charge is 0.489 e. The summed E-state index contributed by atoms with van der Waals surface area (Å²) in [5, 5.41) is 3.54. The van der Waals surface area contributed by atoms with Crippen LogP contribution in [-0.4, -0.2) is 5.91 Å². The van der Waals surface area contributed by atoms with Crippen LogP contribution in [0.5, 0.6) is 5.75 Å². The van der Waals surface area contributed by atoms with E-state index < -0.39 is 0 Å². The van der Waals surface area contributed by atoms with Gasteiger partial charge in [-0.3, -0.25) is 9.69 Å². The van der Waals surface area contributed by atoms with Crippen molar-refractivity contribution in [2.24, 2.45) is 0 Å². The quantitative estimate of drug-likeness (QED) is 0.338. The number of anilines is 2. The highest BCUT2D eigenvalue weighted by Crippen LogP contribution is 2.37. The third-order valence-corrected chi connectivity index (χ3v) is 6.00. The molecule has 4 aromatic carbocycles. The number of nitrogens with one attached hydrogen (secondary N) is 1. The molecule has 1 N–H and O–H groups in total. The molecule has 4 nitrogen and oxygen atoms in total. The van der Waals surface area contributed by atoms with E-state index in [9.17, 15) is 4.79 Å². The lowest BCUT2D eigenvalue weighted by Crippen LogP contribution is -2.43. The minimum Gasteiger partial charge on any atom is -0.489 e. The van der Waals surface area contributed by atoms with Crippen molar-refractivity contribution in [2.75, 3.05) is 10.2 Å². The van der Waals surface area contributed by atoms with Gasteiger partial charge in [0.2, 0.25) is 0 Å². The zero-order valence-corrected chi connectivity index (χ0v) is 18.8. The average molecular weight is 485 g/mol. The van der Waals surface area contributed by atoms with Crippen LogP contribution in [0.2, 0.25) is 0 Å². The van der Waals surface area contributed by atoms with Crippen molar-refractivity contribution in [2.45, 2.75) is 12.8 Å². The fraction of sp³-hybridized carbons (Fsp3) is 0.0741. The van der Waals surface area contributed by atoms with Gasteiger partial charge in [0.15, 0.2) is 0 Å². The Morgan fingerprint density at radius 1 is 0.812 bits per heavy atom. The molecule has 0 aromatic heterocycles. The van der Waals surface area contributed by atoms with E-state index in [0.29, 0.717) is 12.2 Å². The number of halogens is 1. The molecule has 1 aliphatic heterocycles. The summed E-state index contributed by atoms with van der Waals surface area (Å²) in [6, 6.07) is 33.4. The van der Waals surface area contributed by atoms with E-state index in [-0.39, 0.29) is 12.1 Å². The summed E-state index contributed by atoms with van der Waals surface area (Å²) in [6.07, 6.45) is -0.332. The van der Waals surface area contributed by atoms with Gasteiger partial charge in [-0.25, -0.2) is 0 Å². The van der Waals surface area contributed by atoms with Crippen molar-refractivity contribution in [3.05, 3.63) is 124 Å². The molecule has 0 fully saturated rings. The number of nitrogens with zero attached hydrogens (tertiary/aromatic N) is 1. The molecule has 1 heterocycles. The van der Waals surface area contributed by atoms with E-state index in [1.54, 1.807) is 4.90 Å². The lowest BCUT2D eigenvalue weighted by Gasteiger charge is -2.38. The summed E-state index contributed by atoms with van der Waals surface area (Å²) in [5.41, 5.74) is 4.42. The number of carbonyl (C=O) groups excluding carboxylic acids is 1. The Morgan fingerprint density at radius 3 is 2.25 bits per heavy atom. The lowest BCUT2D eigenvalue weighted by molar-refractivity contribution is 0.0975. The molecular formula is C27H21BrN2O2. The first-order valence-corrected chi connectivity index (χ1v) is 11.2. The van der Waals surface area contributed by atoms with Crippen molar-refractivity contribution in [3.8, 4) is 5.75 Å². The van der Waals surface area contributed by atoms with Crippen LogP contribution >= 0.6 is 15.9 Å². The lowest BCUT2D eigenvalue weighted by atomic mass is 10.0. The van der Waals surface area contributed by atoms with E-state index in [0.717, 1.165) is 32.7 Å². The van der Waals surface area contributed by atoms with Gasteiger partial charge in [-0.05, 0) is 59.7 Å². The Kier molecular flexibility index (Phi) is 5.65. The number of hydrogen-bond donors (Lipinski definition) is 1. The summed E-state index contributed by atoms with van der Waals surface area (Å²) in [4.78, 5) is 15.3. The van der Waals surface area contributed by atoms with Gasteiger partial charge in [0.25, 0.3) is 5.91 Å². The minimum atomic E-state index is -0.332. The molecule has 4 aromatic rings. The molecule has 5 rings (SSSR count). The SMILES string of the molecule is O=C1c2ccccc2N[C@@H](c2ccc(OCc3ccccc3)cc2)N1c1ccc(Br)cc1. The van der Waals surface area contributed by atoms with Gasteiger partial charge >= 0.3 is 0 Å². The van der Waals surface area contributed by atoms with Gasteiger partial charge in [-0.15, -0.1) is 0 Å². The van der Waals surface area contributed by atoms with Crippen molar-refractivity contribution < 1.29 is 9.53 Å². The van der Waals surface area contributed by atoms with Crippen LogP contribution in [0.25, 0.3) is 0 Å². The van der Waals surface area contributed by atoms with Crippen LogP contribution in [0.15, 0.2) is 108 Å². The average Bonchev–Trinajstić information content (AvgIpc) is 2.84. The van der Waals surface area contributed by atoms with Gasteiger partial charge in [0.05, 0.1) is 5.56 Å². The molecule has 32 heavy (non-hydrogen) atoms. The molecule has 5 heteroatoms. The maximum Gasteiger partial charge on any atom is 0.262 e. The molecule has 158 valence electrons. The fourth-order valence-corrected chi connectivity index (χ4v) is 4.11. The zero-order chi connectivity index (χ0) is 21.9. The summed E-state index contributed by atoms with van der Waals surface area (Å²) in [6.45, 7) is 0.513. The predicted octanol–water partition coefficient (Wildman–Crippen LogP) is 6.80. The number of para-hydroxylation sites is 1. The Bertz CT molecular complexity index is 1220. The van der Waals surface area contributed by atoms with Crippen molar-refractivity contribution in [1.29, 1.82) is 0 Å². The highest BCUT2D eigenvalue weighted by Gasteiger charge is 2.33. The Morgan fingerprint density at radius 2 is 1.50 bits per heavy atom. The first-order chi connectivity index (χ1) is 15.7. The number of rotatable bonds is 5. The second kappa shape index (κ2) is 8.89. The van der Waals surface area contributed by atoms with Gasteiger partial charge in [-0.1, -0.05) is 70.5 Å². The van der Waals surface area contributed by atoms with Crippen LogP contribution < -0.4 is 15.0 Å². The van der Waals surface area contributed by atoms with E-state index in [2.05, 4.69) is 21.2 Å². The molecule has 1 aliphatic rings. The monoisotopic (exact) mass is 484 g/mol. The first kappa shape index (κ1) is 20.3. The summed E-state index contributed by atoms with van der Waals surface area (Å²) in [7, 11) is 0. The Balaban J connectivity index is 1.44. The molecule has 0 saturated carbocycles. The van der Waals surface area contributed by atoms with E-state index in [4.69, 9.17) is 4.74 Å². The normalized spacial score (nSPS) is 15.1. The summed E-state index contributed by atoms with van der Waals surface area (Å²) >= 11 is 3.48. The van der Waals surface area contributed by atoms with Crippen LogP contribution in [0.1, 0.15) is 27.7 Å². The second-order valence-electron chi connectivity index (χ2n) is 7.59. The molecule has 0 aliphatic carbocycles. The van der Waals surface area contributed by atoms with Gasteiger partial charge in [0.1, 0.15) is 18.5 Å². The predicted molar refractivity (Wildman–Crippen MR) is 131 cm³/mol. The van der Waals surface area contributed by atoms with Crippen LogP contribution in [0, 0.1) is 0 Å². The number of fused-ring (bicyclic) bond motifs is 1. The number of hydrogen-bond acceptors (Lipinski definition) is 3. The molecule has 0 unspecified atom stereocenters. The fourth-order valence-electron chi connectivity index (χ4n) is 3.84. The number of ether oxygens (including phenoxy) is 1. The van der Waals surface area contributed by atoms with E-state index in [1.165, 1.54) is 0 Å². The van der Waals surface area contributed by atoms with Gasteiger partial charge in [0, 0.05) is 15.8 Å². The maximum atomic E-state index is 13.5. The zero-order valence-electron chi connectivity index (χ0n) is 17.2. The van der Waals surface area contributed by atoms with E-state index in [1.807, 2.05) is 103 Å². The third-order valence-electron chi connectivity index (χ3n) is 5.48. The molecule has 0 bridgehead atoms. The van der Waals surface area contributed by atoms with Crippen LogP contribution in [0.4, 0.5) is 11.4 Å². The van der Waals surface area contributed by atoms with Crippen LogP contribution in [0.3, 0.4) is 0 Å². The molecular weight excluding hydrogens is 464 g/mol. The molecule has 1 amide bonds. The molecule has 0 saturated heterocycles. The summed E-state index contributed by atoms with van der Waals surface area (Å²) in [5.74, 6) is 0.756. The number of benzene rings is 4. The standard InChI is InChI=1S/C27H21BrN2O2/c28-21-12-14-22(15-13-21)30-26(29-25-9-5-4-8-24(25)27(30)31)20-10-16-23(17-11-20)32-18-19-6-2-1-3-7-19/h1-17,26,29H,18H2/t26-/m1/s1. The molecule has 0 spiro atoms. The molecule has 1 atom stereocenters. The van der Waals surface area contributed by atoms with E-state index >= 15 is 0 Å². The minimum absolute atomic E-state index is 0.0314. The Labute approximate surface area is 195 Å². The molecule has 0 radical (unpaired) electrons. The van der Waals surface area contributed by atoms with Crippen LogP contribution in [-0.2, 0) is 6.61 Å². The smallest absolute Gasteiger partial charge is 0.262 e. The van der Waals surface area contributed by atoms with Gasteiger partial charge in [-0.2, -0.15) is 0 Å². The van der Waals surface area contributed by atoms with Crippen molar-refractivity contribution in [3.63, 3.8) is 0 Å². The second-order valence-corrected chi connectivity index (χ2v) is 8.50. The number of carbonyl (C=O) groups is 1. The van der Waals surface area contributed by atoms with Crippen molar-refractivity contribution >= 4 is 33.2 Å². The highest BCUT2D eigenvalue weighted by molar-refractivity contribution is 9.10. The Hall–Kier alpha value is -3.57. The van der Waals surface area contributed by atoms with Gasteiger partial charge < -0.3 is 10.1 Å².